The number of rotatable bonds is 45. The van der Waals surface area contributed by atoms with Crippen molar-refractivity contribution in [1.82, 2.24) is 0 Å². The molecule has 0 bridgehead atoms. The topological polar surface area (TPSA) is 112 Å². The number of hydrogen-bond donors (Lipinski definition) is 3. The predicted molar refractivity (Wildman–Crippen MR) is 261 cm³/mol. The van der Waals surface area contributed by atoms with Gasteiger partial charge in [0, 0.05) is 19.3 Å². The maximum Gasteiger partial charge on any atom is 0.303 e. The monoisotopic (exact) mass is 849 g/mol. The quantitative estimate of drug-likeness (QED) is 0.0416. The van der Waals surface area contributed by atoms with Gasteiger partial charge in [-0.2, -0.15) is 0 Å². The number of carboxylic acid groups (broad SMARTS) is 3. The van der Waals surface area contributed by atoms with Gasteiger partial charge in [-0.25, -0.2) is 0 Å². The third-order valence-corrected chi connectivity index (χ3v) is 11.2. The zero-order valence-electron chi connectivity index (χ0n) is 40.7. The van der Waals surface area contributed by atoms with Crippen molar-refractivity contribution in [3.05, 3.63) is 24.3 Å². The second-order valence-electron chi connectivity index (χ2n) is 18.0. The Bertz CT molecular complexity index is 860. The molecular formula is C54H104O6. The highest BCUT2D eigenvalue weighted by Crippen LogP contribution is 2.15. The van der Waals surface area contributed by atoms with E-state index in [-0.39, 0.29) is 0 Å². The molecule has 0 aliphatic rings. The Morgan fingerprint density at radius 1 is 0.317 bits per heavy atom. The van der Waals surface area contributed by atoms with E-state index in [2.05, 4.69) is 52.0 Å². The summed E-state index contributed by atoms with van der Waals surface area (Å²) in [4.78, 5) is 31.0. The summed E-state index contributed by atoms with van der Waals surface area (Å²) in [6.45, 7) is 9.13. The first-order valence-electron chi connectivity index (χ1n) is 26.1. The molecule has 0 aromatic carbocycles. The Hall–Kier alpha value is -2.11. The van der Waals surface area contributed by atoms with E-state index in [9.17, 15) is 14.4 Å². The van der Waals surface area contributed by atoms with Crippen LogP contribution in [0.15, 0.2) is 24.3 Å². The van der Waals surface area contributed by atoms with Gasteiger partial charge in [0.25, 0.3) is 0 Å². The molecule has 0 atom stereocenters. The Kier molecular flexibility index (Phi) is 59.0. The molecule has 0 unspecified atom stereocenters. The molecule has 0 rings (SSSR count). The summed E-state index contributed by atoms with van der Waals surface area (Å²) in [5.41, 5.74) is 0. The van der Waals surface area contributed by atoms with Crippen LogP contribution in [0, 0.1) is 5.92 Å². The first-order chi connectivity index (χ1) is 29.2. The summed E-state index contributed by atoms with van der Waals surface area (Å²) in [6, 6.07) is 0. The standard InChI is InChI=1S/C18H36O2.2C18H34O2/c1-17(2)15-13-11-9-7-5-3-4-6-8-10-12-14-16-18(19)20;2*1-2-3-4-5-6-7-8-9-10-11-12-13-14-15-16-17-18(19)20/h17H,3-16H2,1-2H3,(H,19,20);2*9-10H,2-8,11-17H2,1H3,(H,19,20)/b;2*10-9-. The molecule has 0 saturated heterocycles. The minimum absolute atomic E-state index is 0.332. The van der Waals surface area contributed by atoms with Crippen molar-refractivity contribution in [2.75, 3.05) is 0 Å². The molecule has 0 aromatic rings. The van der Waals surface area contributed by atoms with Crippen LogP contribution < -0.4 is 0 Å². The Balaban J connectivity index is -0.000000812. The van der Waals surface area contributed by atoms with Crippen LogP contribution in [0.25, 0.3) is 0 Å². The van der Waals surface area contributed by atoms with Crippen molar-refractivity contribution in [1.29, 1.82) is 0 Å². The first kappa shape index (κ1) is 62.2. The predicted octanol–water partition coefficient (Wildman–Crippen LogP) is 18.4. The number of unbranched alkanes of at least 4 members (excludes halogenated alkanes) is 33. The van der Waals surface area contributed by atoms with Crippen molar-refractivity contribution < 1.29 is 29.7 Å². The van der Waals surface area contributed by atoms with Crippen molar-refractivity contribution in [2.24, 2.45) is 5.92 Å². The largest absolute Gasteiger partial charge is 0.481 e. The Morgan fingerprint density at radius 2 is 0.517 bits per heavy atom. The highest BCUT2D eigenvalue weighted by atomic mass is 16.4. The zero-order valence-corrected chi connectivity index (χ0v) is 40.7. The SMILES string of the molecule is CC(C)CCCCCCCCCCCCCCC(=O)O.CCCCCCCC/C=C\CCCCCCCC(=O)O.CCCCCCCC/C=C\CCCCCCCC(=O)O. The van der Waals surface area contributed by atoms with Crippen molar-refractivity contribution >= 4 is 17.9 Å². The number of allylic oxidation sites excluding steroid dienone is 4. The molecule has 0 fully saturated rings. The summed E-state index contributed by atoms with van der Waals surface area (Å²) in [5, 5.41) is 25.5. The second-order valence-corrected chi connectivity index (χ2v) is 18.0. The van der Waals surface area contributed by atoms with E-state index in [1.54, 1.807) is 0 Å². The summed E-state index contributed by atoms with van der Waals surface area (Å²) in [6.07, 6.45) is 59.8. The first-order valence-corrected chi connectivity index (χ1v) is 26.1. The van der Waals surface area contributed by atoms with Gasteiger partial charge < -0.3 is 15.3 Å². The lowest BCUT2D eigenvalue weighted by Crippen LogP contribution is -1.93. The van der Waals surface area contributed by atoms with E-state index in [1.807, 2.05) is 0 Å². The average molecular weight is 849 g/mol. The fraction of sp³-hybridized carbons (Fsp3) is 0.870. The fourth-order valence-electron chi connectivity index (χ4n) is 7.29. The van der Waals surface area contributed by atoms with E-state index < -0.39 is 17.9 Å². The second kappa shape index (κ2) is 56.9. The number of carboxylic acids is 3. The van der Waals surface area contributed by atoms with Crippen LogP contribution in [0.3, 0.4) is 0 Å². The molecule has 3 N–H and O–H groups in total. The molecule has 0 aromatic heterocycles. The van der Waals surface area contributed by atoms with Crippen molar-refractivity contribution in [2.45, 2.75) is 297 Å². The van der Waals surface area contributed by atoms with Crippen LogP contribution in [0.1, 0.15) is 297 Å². The van der Waals surface area contributed by atoms with Crippen LogP contribution >= 0.6 is 0 Å². The summed E-state index contributed by atoms with van der Waals surface area (Å²) < 4.78 is 0. The molecule has 0 radical (unpaired) electrons. The molecule has 0 heterocycles. The molecule has 0 aliphatic carbocycles. The zero-order chi connectivity index (χ0) is 44.8. The summed E-state index contributed by atoms with van der Waals surface area (Å²) >= 11 is 0. The lowest BCUT2D eigenvalue weighted by Gasteiger charge is -2.04. The number of aliphatic carboxylic acids is 3. The van der Waals surface area contributed by atoms with Crippen molar-refractivity contribution in [3.63, 3.8) is 0 Å². The minimum atomic E-state index is -0.664. The maximum atomic E-state index is 10.3. The normalized spacial score (nSPS) is 11.2. The van der Waals surface area contributed by atoms with E-state index in [0.717, 1.165) is 44.4 Å². The average Bonchev–Trinajstić information content (AvgIpc) is 3.21. The van der Waals surface area contributed by atoms with Gasteiger partial charge in [-0.1, -0.05) is 232 Å². The molecule has 60 heavy (non-hydrogen) atoms. The van der Waals surface area contributed by atoms with Crippen LogP contribution in [0.4, 0.5) is 0 Å². The smallest absolute Gasteiger partial charge is 0.303 e. The van der Waals surface area contributed by atoms with E-state index in [1.165, 1.54) is 212 Å². The highest BCUT2D eigenvalue weighted by Gasteiger charge is 1.99. The van der Waals surface area contributed by atoms with E-state index in [4.69, 9.17) is 15.3 Å². The van der Waals surface area contributed by atoms with E-state index in [0.29, 0.717) is 19.3 Å². The highest BCUT2D eigenvalue weighted by molar-refractivity contribution is 5.67. The van der Waals surface area contributed by atoms with E-state index >= 15 is 0 Å². The van der Waals surface area contributed by atoms with Gasteiger partial charge in [-0.05, 0) is 76.5 Å². The molecule has 6 heteroatoms. The van der Waals surface area contributed by atoms with Gasteiger partial charge in [-0.15, -0.1) is 0 Å². The molecule has 0 aliphatic heterocycles. The van der Waals surface area contributed by atoms with Gasteiger partial charge >= 0.3 is 17.9 Å². The van der Waals surface area contributed by atoms with Crippen LogP contribution in [0.2, 0.25) is 0 Å². The van der Waals surface area contributed by atoms with Crippen LogP contribution in [-0.4, -0.2) is 33.2 Å². The third-order valence-electron chi connectivity index (χ3n) is 11.2. The molecule has 0 amide bonds. The van der Waals surface area contributed by atoms with Gasteiger partial charge in [0.15, 0.2) is 0 Å². The fourth-order valence-corrected chi connectivity index (χ4v) is 7.29. The van der Waals surface area contributed by atoms with Crippen LogP contribution in [0.5, 0.6) is 0 Å². The number of hydrogen-bond acceptors (Lipinski definition) is 3. The molecular weight excluding hydrogens is 745 g/mol. The Morgan fingerprint density at radius 3 is 0.733 bits per heavy atom. The Labute approximate surface area is 374 Å². The van der Waals surface area contributed by atoms with Gasteiger partial charge in [0.05, 0.1) is 0 Å². The van der Waals surface area contributed by atoms with Gasteiger partial charge in [0.2, 0.25) is 0 Å². The lowest BCUT2D eigenvalue weighted by atomic mass is 10.0. The lowest BCUT2D eigenvalue weighted by molar-refractivity contribution is -0.138. The molecule has 0 saturated carbocycles. The molecule has 0 spiro atoms. The van der Waals surface area contributed by atoms with Crippen molar-refractivity contribution in [3.8, 4) is 0 Å². The third kappa shape index (κ3) is 70.4. The van der Waals surface area contributed by atoms with Crippen LogP contribution in [-0.2, 0) is 14.4 Å². The summed E-state index contributed by atoms with van der Waals surface area (Å²) in [7, 11) is 0. The molecule has 6 nitrogen and oxygen atoms in total. The summed E-state index contributed by atoms with van der Waals surface area (Å²) in [5.74, 6) is -1.12. The molecule has 356 valence electrons. The van der Waals surface area contributed by atoms with Gasteiger partial charge in [-0.3, -0.25) is 14.4 Å². The number of carbonyl (C=O) groups is 3. The minimum Gasteiger partial charge on any atom is -0.481 e. The van der Waals surface area contributed by atoms with Gasteiger partial charge in [0.1, 0.15) is 0 Å². The maximum absolute atomic E-state index is 10.3.